The zero-order chi connectivity index (χ0) is 22.1. The number of nitrogens with zero attached hydrogens (tertiary/aromatic N) is 3. The molecule has 2 aliphatic heterocycles. The van der Waals surface area contributed by atoms with E-state index >= 15 is 0 Å². The van der Waals surface area contributed by atoms with Crippen LogP contribution in [0.25, 0.3) is 0 Å². The average molecular weight is 436 g/mol. The standard InChI is InChI=1S/C26H30FN3O2/c27-23-9-7-19(8-10-23)25(31)30-12-11-20-17-21(5-6-22(20)18-30)26(32)29-15-13-28(14-16-29)24-3-1-2-4-24/h5-10,17,24H,1-4,11-16,18H2. The van der Waals surface area contributed by atoms with Gasteiger partial charge in [0.25, 0.3) is 11.8 Å². The lowest BCUT2D eigenvalue weighted by atomic mass is 9.96. The van der Waals surface area contributed by atoms with E-state index in [2.05, 4.69) is 4.90 Å². The molecule has 0 N–H and O–H groups in total. The molecule has 5 nitrogen and oxygen atoms in total. The van der Waals surface area contributed by atoms with Crippen molar-refractivity contribution >= 4 is 11.8 Å². The van der Waals surface area contributed by atoms with Gasteiger partial charge in [-0.25, -0.2) is 4.39 Å². The van der Waals surface area contributed by atoms with Crippen LogP contribution < -0.4 is 0 Å². The molecule has 0 aromatic heterocycles. The first-order valence-electron chi connectivity index (χ1n) is 11.8. The Labute approximate surface area is 188 Å². The number of hydrogen-bond donors (Lipinski definition) is 0. The Morgan fingerprint density at radius 3 is 2.12 bits per heavy atom. The number of halogens is 1. The molecule has 2 aromatic carbocycles. The van der Waals surface area contributed by atoms with Crippen molar-refractivity contribution in [1.29, 1.82) is 0 Å². The second-order valence-corrected chi connectivity index (χ2v) is 9.23. The molecular weight excluding hydrogens is 405 g/mol. The molecule has 5 rings (SSSR count). The Balaban J connectivity index is 1.21. The predicted molar refractivity (Wildman–Crippen MR) is 121 cm³/mol. The molecule has 6 heteroatoms. The van der Waals surface area contributed by atoms with Crippen molar-refractivity contribution in [3.8, 4) is 0 Å². The van der Waals surface area contributed by atoms with E-state index in [1.807, 2.05) is 23.1 Å². The summed E-state index contributed by atoms with van der Waals surface area (Å²) in [5, 5.41) is 0. The van der Waals surface area contributed by atoms with Crippen molar-refractivity contribution < 1.29 is 14.0 Å². The number of benzene rings is 2. The quantitative estimate of drug-likeness (QED) is 0.738. The number of fused-ring (bicyclic) bond motifs is 1. The van der Waals surface area contributed by atoms with Gasteiger partial charge in [0.2, 0.25) is 0 Å². The topological polar surface area (TPSA) is 43.9 Å². The van der Waals surface area contributed by atoms with Gasteiger partial charge in [0.1, 0.15) is 5.82 Å². The summed E-state index contributed by atoms with van der Waals surface area (Å²) < 4.78 is 13.2. The first-order valence-corrected chi connectivity index (χ1v) is 11.8. The summed E-state index contributed by atoms with van der Waals surface area (Å²) in [5.74, 6) is -0.317. The molecule has 2 fully saturated rings. The highest BCUT2D eigenvalue weighted by atomic mass is 19.1. The summed E-state index contributed by atoms with van der Waals surface area (Å²) in [6.45, 7) is 4.66. The van der Waals surface area contributed by atoms with Crippen LogP contribution >= 0.6 is 0 Å². The molecule has 0 radical (unpaired) electrons. The average Bonchev–Trinajstić information content (AvgIpc) is 3.38. The SMILES string of the molecule is O=C(c1ccc2c(c1)CCN(C(=O)c1ccc(F)cc1)C2)N1CCN(C2CCCC2)CC1. The molecule has 2 heterocycles. The van der Waals surface area contributed by atoms with Crippen molar-refractivity contribution in [2.75, 3.05) is 32.7 Å². The van der Waals surface area contributed by atoms with Gasteiger partial charge in [-0.3, -0.25) is 14.5 Å². The molecule has 168 valence electrons. The van der Waals surface area contributed by atoms with Crippen LogP contribution in [0.4, 0.5) is 4.39 Å². The van der Waals surface area contributed by atoms with Gasteiger partial charge in [-0.05, 0) is 66.8 Å². The minimum absolute atomic E-state index is 0.0871. The molecular formula is C26H30FN3O2. The minimum Gasteiger partial charge on any atom is -0.336 e. The number of piperazine rings is 1. The summed E-state index contributed by atoms with van der Waals surface area (Å²) in [6, 6.07) is 12.3. The zero-order valence-electron chi connectivity index (χ0n) is 18.4. The number of carbonyl (C=O) groups excluding carboxylic acids is 2. The Bertz CT molecular complexity index is 993. The summed E-state index contributed by atoms with van der Waals surface area (Å²) in [7, 11) is 0. The van der Waals surface area contributed by atoms with Gasteiger partial charge in [0, 0.05) is 56.4 Å². The Hall–Kier alpha value is -2.73. The maximum absolute atomic E-state index is 13.2. The second kappa shape index (κ2) is 9.02. The van der Waals surface area contributed by atoms with Gasteiger partial charge in [-0.1, -0.05) is 18.9 Å². The molecule has 1 saturated carbocycles. The third kappa shape index (κ3) is 4.29. The van der Waals surface area contributed by atoms with Gasteiger partial charge in [0.15, 0.2) is 0 Å². The van der Waals surface area contributed by atoms with E-state index in [1.165, 1.54) is 49.9 Å². The van der Waals surface area contributed by atoms with E-state index in [0.717, 1.165) is 55.3 Å². The first-order chi connectivity index (χ1) is 15.6. The van der Waals surface area contributed by atoms with Crippen molar-refractivity contribution in [2.45, 2.75) is 44.7 Å². The normalized spacial score (nSPS) is 19.8. The van der Waals surface area contributed by atoms with E-state index in [0.29, 0.717) is 18.7 Å². The smallest absolute Gasteiger partial charge is 0.254 e. The molecule has 0 unspecified atom stereocenters. The molecule has 3 aliphatic rings. The Morgan fingerprint density at radius 1 is 0.750 bits per heavy atom. The lowest BCUT2D eigenvalue weighted by Crippen LogP contribution is -2.51. The highest BCUT2D eigenvalue weighted by Crippen LogP contribution is 2.26. The van der Waals surface area contributed by atoms with Crippen LogP contribution in [0.1, 0.15) is 57.5 Å². The lowest BCUT2D eigenvalue weighted by molar-refractivity contribution is 0.0572. The van der Waals surface area contributed by atoms with E-state index < -0.39 is 0 Å². The van der Waals surface area contributed by atoms with Crippen LogP contribution in [-0.2, 0) is 13.0 Å². The third-order valence-corrected chi connectivity index (χ3v) is 7.29. The molecule has 1 saturated heterocycles. The van der Waals surface area contributed by atoms with E-state index in [-0.39, 0.29) is 17.6 Å². The molecule has 0 spiro atoms. The molecule has 0 atom stereocenters. The fourth-order valence-electron chi connectivity index (χ4n) is 5.38. The maximum atomic E-state index is 13.2. The fraction of sp³-hybridized carbons (Fsp3) is 0.462. The van der Waals surface area contributed by atoms with E-state index in [9.17, 15) is 14.0 Å². The van der Waals surface area contributed by atoms with E-state index in [1.54, 1.807) is 4.90 Å². The van der Waals surface area contributed by atoms with Crippen LogP contribution in [-0.4, -0.2) is 65.3 Å². The van der Waals surface area contributed by atoms with Gasteiger partial charge < -0.3 is 9.80 Å². The van der Waals surface area contributed by atoms with Crippen molar-refractivity contribution in [3.63, 3.8) is 0 Å². The van der Waals surface area contributed by atoms with E-state index in [4.69, 9.17) is 0 Å². The van der Waals surface area contributed by atoms with Gasteiger partial charge in [-0.2, -0.15) is 0 Å². The monoisotopic (exact) mass is 435 g/mol. The van der Waals surface area contributed by atoms with Crippen molar-refractivity contribution in [2.24, 2.45) is 0 Å². The van der Waals surface area contributed by atoms with Gasteiger partial charge >= 0.3 is 0 Å². The highest BCUT2D eigenvalue weighted by Gasteiger charge is 2.29. The number of carbonyl (C=O) groups is 2. The number of hydrogen-bond acceptors (Lipinski definition) is 3. The van der Waals surface area contributed by atoms with Crippen molar-refractivity contribution in [3.05, 3.63) is 70.5 Å². The lowest BCUT2D eigenvalue weighted by Gasteiger charge is -2.38. The van der Waals surface area contributed by atoms with Gasteiger partial charge in [-0.15, -0.1) is 0 Å². The summed E-state index contributed by atoms with van der Waals surface area (Å²) >= 11 is 0. The molecule has 2 amide bonds. The van der Waals surface area contributed by atoms with Crippen LogP contribution in [0.5, 0.6) is 0 Å². The Kier molecular flexibility index (Phi) is 5.96. The number of amides is 2. The third-order valence-electron chi connectivity index (χ3n) is 7.29. The largest absolute Gasteiger partial charge is 0.336 e. The molecule has 32 heavy (non-hydrogen) atoms. The molecule has 2 aromatic rings. The number of rotatable bonds is 3. The van der Waals surface area contributed by atoms with Crippen LogP contribution in [0.2, 0.25) is 0 Å². The van der Waals surface area contributed by atoms with Crippen LogP contribution in [0.15, 0.2) is 42.5 Å². The molecule has 1 aliphatic carbocycles. The highest BCUT2D eigenvalue weighted by molar-refractivity contribution is 5.95. The van der Waals surface area contributed by atoms with Crippen LogP contribution in [0, 0.1) is 5.82 Å². The van der Waals surface area contributed by atoms with Gasteiger partial charge in [0.05, 0.1) is 0 Å². The van der Waals surface area contributed by atoms with Crippen LogP contribution in [0.3, 0.4) is 0 Å². The minimum atomic E-state index is -0.345. The fourth-order valence-corrected chi connectivity index (χ4v) is 5.38. The summed E-state index contributed by atoms with van der Waals surface area (Å²) in [6.07, 6.45) is 6.01. The Morgan fingerprint density at radius 2 is 1.41 bits per heavy atom. The first kappa shape index (κ1) is 21.1. The summed E-state index contributed by atoms with van der Waals surface area (Å²) in [4.78, 5) is 32.2. The molecule has 0 bridgehead atoms. The summed E-state index contributed by atoms with van der Waals surface area (Å²) in [5.41, 5.74) is 3.47. The predicted octanol–water partition coefficient (Wildman–Crippen LogP) is 3.72. The van der Waals surface area contributed by atoms with Crippen molar-refractivity contribution in [1.82, 2.24) is 14.7 Å². The zero-order valence-corrected chi connectivity index (χ0v) is 18.4. The second-order valence-electron chi connectivity index (χ2n) is 9.23. The maximum Gasteiger partial charge on any atom is 0.254 e.